The molecule has 0 bridgehead atoms. The maximum Gasteiger partial charge on any atom is 0.331 e. The van der Waals surface area contributed by atoms with E-state index in [2.05, 4.69) is 10.0 Å². The molecule has 2 atom stereocenters. The maximum atomic E-state index is 13.8. The van der Waals surface area contributed by atoms with E-state index in [9.17, 15) is 23.5 Å². The predicted octanol–water partition coefficient (Wildman–Crippen LogP) is 2.25. The van der Waals surface area contributed by atoms with Crippen LogP contribution in [0, 0.1) is 17.6 Å². The molecule has 1 amide bonds. The summed E-state index contributed by atoms with van der Waals surface area (Å²) in [6.07, 6.45) is -0.000263. The number of hydrogen-bond donors (Lipinski definition) is 1. The van der Waals surface area contributed by atoms with Crippen molar-refractivity contribution >= 4 is 11.9 Å². The number of halogens is 2. The van der Waals surface area contributed by atoms with E-state index in [1.165, 1.54) is 6.07 Å². The SMILES string of the molecule is [N-]=[N+]=NCC1CC(=O)N(C(C(=O)O)c2cccc(F)c2F)C1. The van der Waals surface area contributed by atoms with Crippen molar-refractivity contribution in [3.63, 3.8) is 0 Å². The van der Waals surface area contributed by atoms with Gasteiger partial charge >= 0.3 is 5.97 Å². The largest absolute Gasteiger partial charge is 0.479 e. The summed E-state index contributed by atoms with van der Waals surface area (Å²) in [7, 11) is 0. The second-order valence-corrected chi connectivity index (χ2v) is 4.91. The van der Waals surface area contributed by atoms with Gasteiger partial charge in [0.15, 0.2) is 17.7 Å². The molecule has 0 radical (unpaired) electrons. The Hall–Kier alpha value is -2.67. The molecule has 9 heteroatoms. The summed E-state index contributed by atoms with van der Waals surface area (Å²) in [6, 6.07) is 1.57. The van der Waals surface area contributed by atoms with Crippen molar-refractivity contribution in [1.29, 1.82) is 0 Å². The number of nitrogens with zero attached hydrogens (tertiary/aromatic N) is 4. The number of azide groups is 1. The first-order chi connectivity index (χ1) is 10.5. The molecule has 0 aliphatic carbocycles. The highest BCUT2D eigenvalue weighted by Gasteiger charge is 2.39. The summed E-state index contributed by atoms with van der Waals surface area (Å²) >= 11 is 0. The molecule has 1 aliphatic heterocycles. The lowest BCUT2D eigenvalue weighted by atomic mass is 10.0. The molecule has 116 valence electrons. The number of amides is 1. The van der Waals surface area contributed by atoms with Crippen LogP contribution in [-0.4, -0.2) is 35.0 Å². The van der Waals surface area contributed by atoms with Crippen molar-refractivity contribution in [2.24, 2.45) is 11.0 Å². The highest BCUT2D eigenvalue weighted by atomic mass is 19.2. The summed E-state index contributed by atoms with van der Waals surface area (Å²) in [5.41, 5.74) is 7.86. The molecule has 1 aromatic rings. The van der Waals surface area contributed by atoms with Gasteiger partial charge in [-0.25, -0.2) is 13.6 Å². The van der Waals surface area contributed by atoms with Gasteiger partial charge in [-0.05, 0) is 17.5 Å². The Bertz CT molecular complexity index is 661. The van der Waals surface area contributed by atoms with Crippen molar-refractivity contribution in [1.82, 2.24) is 4.90 Å². The van der Waals surface area contributed by atoms with Gasteiger partial charge in [0.05, 0.1) is 0 Å². The first-order valence-corrected chi connectivity index (χ1v) is 6.42. The zero-order chi connectivity index (χ0) is 16.3. The maximum absolute atomic E-state index is 13.8. The van der Waals surface area contributed by atoms with Gasteiger partial charge < -0.3 is 10.0 Å². The number of aliphatic carboxylic acids is 1. The molecule has 1 aliphatic rings. The van der Waals surface area contributed by atoms with Crippen molar-refractivity contribution < 1.29 is 23.5 Å². The summed E-state index contributed by atoms with van der Waals surface area (Å²) in [4.78, 5) is 27.0. The Balaban J connectivity index is 2.33. The third-order valence-electron chi connectivity index (χ3n) is 3.46. The molecular formula is C13H12F2N4O3. The molecule has 1 fully saturated rings. The number of carboxylic acids is 1. The van der Waals surface area contributed by atoms with Crippen LogP contribution >= 0.6 is 0 Å². The monoisotopic (exact) mass is 310 g/mol. The zero-order valence-corrected chi connectivity index (χ0v) is 11.3. The van der Waals surface area contributed by atoms with Crippen LogP contribution in [-0.2, 0) is 9.59 Å². The molecule has 0 saturated carbocycles. The lowest BCUT2D eigenvalue weighted by molar-refractivity contribution is -0.148. The fourth-order valence-electron chi connectivity index (χ4n) is 2.50. The van der Waals surface area contributed by atoms with Gasteiger partial charge in [0.1, 0.15) is 0 Å². The van der Waals surface area contributed by atoms with Crippen LogP contribution in [0.5, 0.6) is 0 Å². The number of benzene rings is 1. The normalized spacial score (nSPS) is 18.9. The van der Waals surface area contributed by atoms with Crippen LogP contribution < -0.4 is 0 Å². The van der Waals surface area contributed by atoms with Gasteiger partial charge in [0.2, 0.25) is 5.91 Å². The van der Waals surface area contributed by atoms with E-state index >= 15 is 0 Å². The molecule has 1 saturated heterocycles. The fourth-order valence-corrected chi connectivity index (χ4v) is 2.50. The number of carbonyl (C=O) groups excluding carboxylic acids is 1. The van der Waals surface area contributed by atoms with Gasteiger partial charge in [-0.1, -0.05) is 17.2 Å². The highest BCUT2D eigenvalue weighted by molar-refractivity contribution is 5.86. The fraction of sp³-hybridized carbons (Fsp3) is 0.385. The van der Waals surface area contributed by atoms with E-state index in [0.29, 0.717) is 0 Å². The molecular weight excluding hydrogens is 298 g/mol. The van der Waals surface area contributed by atoms with Crippen LogP contribution in [0.25, 0.3) is 10.4 Å². The highest BCUT2D eigenvalue weighted by Crippen LogP contribution is 2.31. The Morgan fingerprint density at radius 1 is 1.55 bits per heavy atom. The van der Waals surface area contributed by atoms with Gasteiger partial charge in [-0.2, -0.15) is 0 Å². The average Bonchev–Trinajstić information content (AvgIpc) is 2.82. The van der Waals surface area contributed by atoms with Crippen molar-refractivity contribution in [2.75, 3.05) is 13.1 Å². The van der Waals surface area contributed by atoms with E-state index in [4.69, 9.17) is 5.53 Å². The topological polar surface area (TPSA) is 106 Å². The van der Waals surface area contributed by atoms with E-state index < -0.39 is 35.1 Å². The molecule has 0 aromatic heterocycles. The molecule has 1 N–H and O–H groups in total. The lowest BCUT2D eigenvalue weighted by Crippen LogP contribution is -2.36. The summed E-state index contributed by atoms with van der Waals surface area (Å²) in [6.45, 7) is 0.0431. The number of carboxylic acid groups (broad SMARTS) is 1. The standard InChI is InChI=1S/C13H12F2N4O3/c14-9-3-1-2-8(11(9)15)12(13(21)22)19-6-7(4-10(19)20)5-17-18-16/h1-3,7,12H,4-6H2,(H,21,22). The number of carbonyl (C=O) groups is 2. The minimum absolute atomic E-state index is 0.000263. The molecule has 2 unspecified atom stereocenters. The first kappa shape index (κ1) is 15.7. The quantitative estimate of drug-likeness (QED) is 0.512. The molecule has 1 heterocycles. The number of likely N-dealkylation sites (tertiary alicyclic amines) is 1. The van der Waals surface area contributed by atoms with Crippen LogP contribution in [0.1, 0.15) is 18.0 Å². The third kappa shape index (κ3) is 2.99. The van der Waals surface area contributed by atoms with Gasteiger partial charge in [-0.15, -0.1) is 0 Å². The Kier molecular flexibility index (Phi) is 4.57. The summed E-state index contributed by atoms with van der Waals surface area (Å²) < 4.78 is 27.2. The Morgan fingerprint density at radius 3 is 2.91 bits per heavy atom. The van der Waals surface area contributed by atoms with Crippen molar-refractivity contribution in [2.45, 2.75) is 12.5 Å². The predicted molar refractivity (Wildman–Crippen MR) is 70.6 cm³/mol. The minimum Gasteiger partial charge on any atom is -0.479 e. The van der Waals surface area contributed by atoms with Crippen molar-refractivity contribution in [3.8, 4) is 0 Å². The summed E-state index contributed by atoms with van der Waals surface area (Å²) in [5.74, 6) is -4.78. The zero-order valence-electron chi connectivity index (χ0n) is 11.3. The Morgan fingerprint density at radius 2 is 2.27 bits per heavy atom. The van der Waals surface area contributed by atoms with E-state index in [0.717, 1.165) is 17.0 Å². The lowest BCUT2D eigenvalue weighted by Gasteiger charge is -2.25. The molecule has 1 aromatic carbocycles. The molecule has 0 spiro atoms. The third-order valence-corrected chi connectivity index (χ3v) is 3.46. The second kappa shape index (κ2) is 6.40. The number of hydrogen-bond acceptors (Lipinski definition) is 3. The van der Waals surface area contributed by atoms with Gasteiger partial charge in [0, 0.05) is 30.0 Å². The smallest absolute Gasteiger partial charge is 0.331 e. The molecule has 2 rings (SSSR count). The molecule has 22 heavy (non-hydrogen) atoms. The number of rotatable bonds is 5. The van der Waals surface area contributed by atoms with Gasteiger partial charge in [0.25, 0.3) is 0 Å². The second-order valence-electron chi connectivity index (χ2n) is 4.91. The van der Waals surface area contributed by atoms with E-state index in [1.807, 2.05) is 0 Å². The van der Waals surface area contributed by atoms with Gasteiger partial charge in [-0.3, -0.25) is 4.79 Å². The van der Waals surface area contributed by atoms with Crippen LogP contribution in [0.3, 0.4) is 0 Å². The minimum atomic E-state index is -1.61. The van der Waals surface area contributed by atoms with Crippen LogP contribution in [0.4, 0.5) is 8.78 Å². The van der Waals surface area contributed by atoms with Crippen molar-refractivity contribution in [3.05, 3.63) is 45.8 Å². The summed E-state index contributed by atoms with van der Waals surface area (Å²) in [5, 5.41) is 12.7. The van der Waals surface area contributed by atoms with Crippen LogP contribution in [0.15, 0.2) is 23.3 Å². The average molecular weight is 310 g/mol. The van der Waals surface area contributed by atoms with Crippen LogP contribution in [0.2, 0.25) is 0 Å². The Labute approximate surface area is 123 Å². The molecule has 7 nitrogen and oxygen atoms in total. The first-order valence-electron chi connectivity index (χ1n) is 6.42. The van der Waals surface area contributed by atoms with E-state index in [1.54, 1.807) is 0 Å². The van der Waals surface area contributed by atoms with E-state index in [-0.39, 0.29) is 25.4 Å².